The number of halogens is 3. The Labute approximate surface area is 192 Å². The molecule has 1 fully saturated rings. The summed E-state index contributed by atoms with van der Waals surface area (Å²) in [6.45, 7) is 0. The van der Waals surface area contributed by atoms with E-state index < -0.39 is 17.3 Å². The van der Waals surface area contributed by atoms with E-state index in [1.165, 1.54) is 24.5 Å². The minimum Gasteiger partial charge on any atom is -0.450 e. The van der Waals surface area contributed by atoms with Gasteiger partial charge in [0.25, 0.3) is 0 Å². The smallest absolute Gasteiger partial charge is 0.416 e. The number of ether oxygens (including phenoxy) is 1. The van der Waals surface area contributed by atoms with Crippen molar-refractivity contribution in [3.05, 3.63) is 71.8 Å². The number of aromatic nitrogens is 3. The Morgan fingerprint density at radius 3 is 2.50 bits per heavy atom. The Balaban J connectivity index is 1.23. The first-order valence-electron chi connectivity index (χ1n) is 10.7. The van der Waals surface area contributed by atoms with Gasteiger partial charge in [0.15, 0.2) is 0 Å². The fourth-order valence-electron chi connectivity index (χ4n) is 4.57. The first-order chi connectivity index (χ1) is 16.2. The van der Waals surface area contributed by atoms with E-state index in [2.05, 4.69) is 20.3 Å². The van der Waals surface area contributed by atoms with Gasteiger partial charge in [0.2, 0.25) is 11.9 Å². The SMILES string of the molecule is O=C1OC2(CCC(C(=O)Nc3ncc(-c4cccc(C(F)(F)F)c4)cn3)CC2)c2cnccc21. The number of benzene rings is 1. The molecule has 0 unspecified atom stereocenters. The molecule has 5 rings (SSSR count). The van der Waals surface area contributed by atoms with E-state index in [4.69, 9.17) is 4.74 Å². The summed E-state index contributed by atoms with van der Waals surface area (Å²) in [4.78, 5) is 37.2. The molecule has 1 aliphatic heterocycles. The number of pyridine rings is 1. The minimum absolute atomic E-state index is 0.0721. The summed E-state index contributed by atoms with van der Waals surface area (Å²) in [6.07, 6.45) is 3.53. The normalized spacial score (nSPS) is 21.7. The van der Waals surface area contributed by atoms with Gasteiger partial charge in [-0.1, -0.05) is 12.1 Å². The number of alkyl halides is 3. The monoisotopic (exact) mass is 468 g/mol. The molecule has 0 bridgehead atoms. The summed E-state index contributed by atoms with van der Waals surface area (Å²) in [5.41, 5.74) is 0.522. The molecule has 1 spiro atoms. The lowest BCUT2D eigenvalue weighted by Gasteiger charge is -2.35. The van der Waals surface area contributed by atoms with Crippen LogP contribution in [0.25, 0.3) is 11.1 Å². The molecule has 34 heavy (non-hydrogen) atoms. The summed E-state index contributed by atoms with van der Waals surface area (Å²) in [5.74, 6) is -0.855. The zero-order chi connectivity index (χ0) is 23.9. The quantitative estimate of drug-likeness (QED) is 0.558. The highest BCUT2D eigenvalue weighted by Crippen LogP contribution is 2.47. The number of esters is 1. The summed E-state index contributed by atoms with van der Waals surface area (Å²) < 4.78 is 44.5. The van der Waals surface area contributed by atoms with Crippen LogP contribution in [-0.4, -0.2) is 26.8 Å². The average Bonchev–Trinajstić information content (AvgIpc) is 3.11. The number of anilines is 1. The molecule has 0 atom stereocenters. The van der Waals surface area contributed by atoms with Gasteiger partial charge in [-0.15, -0.1) is 0 Å². The van der Waals surface area contributed by atoms with Crippen molar-refractivity contribution in [1.82, 2.24) is 15.0 Å². The topological polar surface area (TPSA) is 94.1 Å². The van der Waals surface area contributed by atoms with Crippen molar-refractivity contribution in [2.24, 2.45) is 5.92 Å². The second-order valence-corrected chi connectivity index (χ2v) is 8.44. The molecule has 174 valence electrons. The number of amides is 1. The number of hydrogen-bond donors (Lipinski definition) is 1. The van der Waals surface area contributed by atoms with E-state index in [0.29, 0.717) is 42.4 Å². The number of nitrogens with zero attached hydrogens (tertiary/aromatic N) is 3. The van der Waals surface area contributed by atoms with Crippen LogP contribution >= 0.6 is 0 Å². The van der Waals surface area contributed by atoms with Crippen LogP contribution in [0.2, 0.25) is 0 Å². The number of fused-ring (bicyclic) bond motifs is 2. The summed E-state index contributed by atoms with van der Waals surface area (Å²) >= 11 is 0. The maximum Gasteiger partial charge on any atom is 0.416 e. The fourth-order valence-corrected chi connectivity index (χ4v) is 4.57. The molecule has 0 radical (unpaired) electrons. The molecule has 1 aromatic carbocycles. The standard InChI is InChI=1S/C24H19F3N4O3/c25-24(26,27)17-3-1-2-15(10-17)16-11-29-22(30-12-16)31-20(32)14-4-7-23(8-5-14)19-13-28-9-6-18(19)21(33)34-23/h1-3,6,9-14H,4-5,7-8H2,(H,29,30,31,32). The third-order valence-electron chi connectivity index (χ3n) is 6.39. The third kappa shape index (κ3) is 4.00. The molecule has 1 amide bonds. The van der Waals surface area contributed by atoms with Crippen LogP contribution < -0.4 is 5.32 Å². The largest absolute Gasteiger partial charge is 0.450 e. The van der Waals surface area contributed by atoms with Crippen LogP contribution in [0.3, 0.4) is 0 Å². The van der Waals surface area contributed by atoms with Crippen molar-refractivity contribution in [2.45, 2.75) is 37.5 Å². The number of carbonyl (C=O) groups excluding carboxylic acids is 2. The Bertz CT molecular complexity index is 1250. The second-order valence-electron chi connectivity index (χ2n) is 8.44. The number of nitrogens with one attached hydrogen (secondary N) is 1. The fraction of sp³-hybridized carbons (Fsp3) is 0.292. The minimum atomic E-state index is -4.45. The third-order valence-corrected chi connectivity index (χ3v) is 6.39. The van der Waals surface area contributed by atoms with Crippen molar-refractivity contribution in [3.8, 4) is 11.1 Å². The maximum absolute atomic E-state index is 13.0. The van der Waals surface area contributed by atoms with Crippen molar-refractivity contribution in [1.29, 1.82) is 0 Å². The van der Waals surface area contributed by atoms with Gasteiger partial charge in [-0.3, -0.25) is 15.1 Å². The Morgan fingerprint density at radius 2 is 1.79 bits per heavy atom. The summed E-state index contributed by atoms with van der Waals surface area (Å²) in [7, 11) is 0. The predicted molar refractivity (Wildman–Crippen MR) is 114 cm³/mol. The molecule has 1 aliphatic carbocycles. The Morgan fingerprint density at radius 1 is 1.06 bits per heavy atom. The lowest BCUT2D eigenvalue weighted by atomic mass is 9.75. The molecule has 10 heteroatoms. The Kier molecular flexibility index (Phi) is 5.30. The molecule has 7 nitrogen and oxygen atoms in total. The first-order valence-corrected chi connectivity index (χ1v) is 10.7. The van der Waals surface area contributed by atoms with Gasteiger partial charge in [0.1, 0.15) is 5.60 Å². The Hall–Kier alpha value is -3.82. The maximum atomic E-state index is 13.0. The lowest BCUT2D eigenvalue weighted by Crippen LogP contribution is -2.36. The van der Waals surface area contributed by atoms with Crippen LogP contribution in [0.4, 0.5) is 19.1 Å². The molecule has 1 N–H and O–H groups in total. The zero-order valence-corrected chi connectivity index (χ0v) is 17.8. The van der Waals surface area contributed by atoms with Gasteiger partial charge in [0, 0.05) is 41.8 Å². The van der Waals surface area contributed by atoms with Crippen LogP contribution in [0, 0.1) is 5.92 Å². The number of rotatable bonds is 3. The zero-order valence-electron chi connectivity index (χ0n) is 17.8. The van der Waals surface area contributed by atoms with Gasteiger partial charge < -0.3 is 4.74 Å². The van der Waals surface area contributed by atoms with E-state index in [9.17, 15) is 22.8 Å². The number of hydrogen-bond acceptors (Lipinski definition) is 6. The van der Waals surface area contributed by atoms with Crippen LogP contribution in [0.15, 0.2) is 55.1 Å². The summed E-state index contributed by atoms with van der Waals surface area (Å²) in [6, 6.07) is 6.52. The van der Waals surface area contributed by atoms with Crippen LogP contribution in [0.1, 0.15) is 47.2 Å². The first kappa shape index (κ1) is 22.0. The molecule has 3 aromatic rings. The highest BCUT2D eigenvalue weighted by Gasteiger charge is 2.48. The molecular weight excluding hydrogens is 449 g/mol. The van der Waals surface area contributed by atoms with Gasteiger partial charge in [-0.05, 0) is 49.4 Å². The van der Waals surface area contributed by atoms with Gasteiger partial charge in [0.05, 0.1) is 11.1 Å². The second kappa shape index (κ2) is 8.19. The van der Waals surface area contributed by atoms with E-state index in [-0.39, 0.29) is 23.7 Å². The highest BCUT2D eigenvalue weighted by molar-refractivity contribution is 5.95. The molecule has 2 aromatic heterocycles. The predicted octanol–water partition coefficient (Wildman–Crippen LogP) is 4.75. The average molecular weight is 468 g/mol. The van der Waals surface area contributed by atoms with Gasteiger partial charge in [-0.2, -0.15) is 13.2 Å². The molecular formula is C24H19F3N4O3. The van der Waals surface area contributed by atoms with Crippen molar-refractivity contribution in [3.63, 3.8) is 0 Å². The summed E-state index contributed by atoms with van der Waals surface area (Å²) in [5, 5.41) is 2.67. The van der Waals surface area contributed by atoms with Gasteiger partial charge in [-0.25, -0.2) is 14.8 Å². The lowest BCUT2D eigenvalue weighted by molar-refractivity contribution is -0.137. The molecule has 1 saturated carbocycles. The van der Waals surface area contributed by atoms with E-state index >= 15 is 0 Å². The highest BCUT2D eigenvalue weighted by atomic mass is 19.4. The van der Waals surface area contributed by atoms with Gasteiger partial charge >= 0.3 is 12.1 Å². The van der Waals surface area contributed by atoms with E-state index in [1.807, 2.05) is 0 Å². The molecule has 2 aliphatic rings. The van der Waals surface area contributed by atoms with E-state index in [0.717, 1.165) is 17.7 Å². The van der Waals surface area contributed by atoms with Crippen molar-refractivity contribution in [2.75, 3.05) is 5.32 Å². The van der Waals surface area contributed by atoms with E-state index in [1.54, 1.807) is 18.5 Å². The van der Waals surface area contributed by atoms with Crippen molar-refractivity contribution < 1.29 is 27.5 Å². The van der Waals surface area contributed by atoms with Crippen molar-refractivity contribution >= 4 is 17.8 Å². The van der Waals surface area contributed by atoms with Crippen LogP contribution in [-0.2, 0) is 21.3 Å². The molecule has 3 heterocycles. The van der Waals surface area contributed by atoms with Crippen LogP contribution in [0.5, 0.6) is 0 Å². The number of carbonyl (C=O) groups is 2. The molecule has 0 saturated heterocycles.